The van der Waals surface area contributed by atoms with Crippen LogP contribution in [0.15, 0.2) is 41.4 Å². The molecule has 0 saturated heterocycles. The molecule has 0 atom stereocenters. The Morgan fingerprint density at radius 2 is 2.05 bits per heavy atom. The van der Waals surface area contributed by atoms with Gasteiger partial charge in [0.05, 0.1) is 10.5 Å². The quantitative estimate of drug-likeness (QED) is 0.869. The van der Waals surface area contributed by atoms with Crippen molar-refractivity contribution in [3.8, 4) is 11.6 Å². The molecule has 7 heteroatoms. The van der Waals surface area contributed by atoms with Crippen molar-refractivity contribution in [3.05, 3.63) is 47.7 Å². The second-order valence-electron chi connectivity index (χ2n) is 4.52. The average Bonchev–Trinajstić information content (AvgIpc) is 2.37. The van der Waals surface area contributed by atoms with Crippen LogP contribution in [0.5, 0.6) is 11.6 Å². The molecule has 0 aliphatic rings. The molecule has 0 saturated carbocycles. The van der Waals surface area contributed by atoms with Crippen molar-refractivity contribution in [2.45, 2.75) is 11.8 Å². The minimum atomic E-state index is -3.30. The Hall–Kier alpha value is -1.99. The zero-order chi connectivity index (χ0) is 15.6. The number of hydrogen-bond donors (Lipinski definition) is 1. The van der Waals surface area contributed by atoms with E-state index in [1.54, 1.807) is 24.4 Å². The maximum absolute atomic E-state index is 11.6. The highest BCUT2D eigenvalue weighted by Gasteiger charge is 2.13. The number of ether oxygens (including phenoxy) is 1. The van der Waals surface area contributed by atoms with Gasteiger partial charge >= 0.3 is 0 Å². The molecule has 0 bridgehead atoms. The van der Waals surface area contributed by atoms with Gasteiger partial charge in [-0.25, -0.2) is 13.4 Å². The van der Waals surface area contributed by atoms with Gasteiger partial charge in [-0.05, 0) is 36.8 Å². The van der Waals surface area contributed by atoms with Gasteiger partial charge in [0.1, 0.15) is 10.7 Å². The van der Waals surface area contributed by atoms with Gasteiger partial charge in [0.2, 0.25) is 5.88 Å². The van der Waals surface area contributed by atoms with E-state index >= 15 is 0 Å². The van der Waals surface area contributed by atoms with E-state index < -0.39 is 9.84 Å². The lowest BCUT2D eigenvalue weighted by molar-refractivity contribution is 0.460. The van der Waals surface area contributed by atoms with Crippen molar-refractivity contribution in [2.75, 3.05) is 6.26 Å². The van der Waals surface area contributed by atoms with Crippen molar-refractivity contribution in [3.63, 3.8) is 0 Å². The van der Waals surface area contributed by atoms with Crippen molar-refractivity contribution in [1.29, 1.82) is 0 Å². The van der Waals surface area contributed by atoms with Gasteiger partial charge in [0.25, 0.3) is 0 Å². The lowest BCUT2D eigenvalue weighted by atomic mass is 10.1. The predicted octanol–water partition coefficient (Wildman–Crippen LogP) is 2.22. The highest BCUT2D eigenvalue weighted by atomic mass is 32.2. The number of sulfone groups is 1. The maximum atomic E-state index is 11.6. The van der Waals surface area contributed by atoms with Crippen molar-refractivity contribution < 1.29 is 13.2 Å². The third kappa shape index (κ3) is 3.56. The average molecular weight is 322 g/mol. The number of aryl methyl sites for hydroxylation is 1. The SMILES string of the molecule is Cc1ccnc(Oc2cccc(S(C)(=O)=O)c2)c1C(N)=S. The largest absolute Gasteiger partial charge is 0.438 e. The third-order valence-electron chi connectivity index (χ3n) is 2.82. The first-order chi connectivity index (χ1) is 9.79. The molecular weight excluding hydrogens is 308 g/mol. The number of benzene rings is 1. The van der Waals surface area contributed by atoms with Crippen LogP contribution in [0.3, 0.4) is 0 Å². The number of rotatable bonds is 4. The predicted molar refractivity (Wildman–Crippen MR) is 84.5 cm³/mol. The molecule has 2 rings (SSSR count). The molecule has 0 radical (unpaired) electrons. The fourth-order valence-electron chi connectivity index (χ4n) is 1.79. The van der Waals surface area contributed by atoms with Gasteiger partial charge in [0.15, 0.2) is 9.84 Å². The second kappa shape index (κ2) is 5.79. The molecule has 0 spiro atoms. The number of nitrogens with zero attached hydrogens (tertiary/aromatic N) is 1. The van der Waals surface area contributed by atoms with Crippen LogP contribution in [0, 0.1) is 6.92 Å². The van der Waals surface area contributed by atoms with Crippen LogP contribution >= 0.6 is 12.2 Å². The normalized spacial score (nSPS) is 11.1. The third-order valence-corrected chi connectivity index (χ3v) is 4.13. The molecule has 21 heavy (non-hydrogen) atoms. The summed E-state index contributed by atoms with van der Waals surface area (Å²) in [4.78, 5) is 4.46. The molecule has 110 valence electrons. The summed E-state index contributed by atoms with van der Waals surface area (Å²) in [5.74, 6) is 0.613. The molecule has 0 unspecified atom stereocenters. The van der Waals surface area contributed by atoms with Crippen molar-refractivity contribution in [2.24, 2.45) is 5.73 Å². The summed E-state index contributed by atoms with van der Waals surface area (Å²) in [7, 11) is -3.30. The number of hydrogen-bond acceptors (Lipinski definition) is 5. The Morgan fingerprint density at radius 1 is 1.33 bits per heavy atom. The summed E-state index contributed by atoms with van der Waals surface area (Å²) < 4.78 is 28.8. The number of pyridine rings is 1. The lowest BCUT2D eigenvalue weighted by Crippen LogP contribution is -2.13. The van der Waals surface area contributed by atoms with Crippen LogP contribution < -0.4 is 10.5 Å². The first-order valence-corrected chi connectivity index (χ1v) is 8.32. The molecule has 0 amide bonds. The molecule has 1 aromatic carbocycles. The molecule has 1 aromatic heterocycles. The van der Waals surface area contributed by atoms with Crippen LogP contribution in [0.1, 0.15) is 11.1 Å². The highest BCUT2D eigenvalue weighted by Crippen LogP contribution is 2.26. The maximum Gasteiger partial charge on any atom is 0.229 e. The zero-order valence-electron chi connectivity index (χ0n) is 11.5. The van der Waals surface area contributed by atoms with Gasteiger partial charge in [-0.1, -0.05) is 18.3 Å². The topological polar surface area (TPSA) is 82.3 Å². The zero-order valence-corrected chi connectivity index (χ0v) is 13.2. The number of nitrogens with two attached hydrogens (primary N) is 1. The van der Waals surface area contributed by atoms with Gasteiger partial charge in [0, 0.05) is 12.5 Å². The van der Waals surface area contributed by atoms with E-state index in [4.69, 9.17) is 22.7 Å². The van der Waals surface area contributed by atoms with Crippen LogP contribution in [-0.2, 0) is 9.84 Å². The minimum Gasteiger partial charge on any atom is -0.438 e. The summed E-state index contributed by atoms with van der Waals surface area (Å²) in [6.45, 7) is 1.84. The van der Waals surface area contributed by atoms with Crippen molar-refractivity contribution >= 4 is 27.0 Å². The van der Waals surface area contributed by atoms with E-state index in [0.29, 0.717) is 11.3 Å². The van der Waals surface area contributed by atoms with Crippen LogP contribution in [0.2, 0.25) is 0 Å². The molecule has 0 aliphatic carbocycles. The van der Waals surface area contributed by atoms with Crippen LogP contribution in [0.25, 0.3) is 0 Å². The summed E-state index contributed by atoms with van der Waals surface area (Å²) >= 11 is 5.00. The van der Waals surface area contributed by atoms with Crippen LogP contribution in [0.4, 0.5) is 0 Å². The number of aromatic nitrogens is 1. The summed E-state index contributed by atoms with van der Waals surface area (Å²) in [6, 6.07) is 7.95. The Balaban J connectivity index is 2.44. The van der Waals surface area contributed by atoms with Gasteiger partial charge in [-0.15, -0.1) is 0 Å². The van der Waals surface area contributed by atoms with Gasteiger partial charge < -0.3 is 10.5 Å². The highest BCUT2D eigenvalue weighted by molar-refractivity contribution is 7.90. The molecule has 0 aliphatic heterocycles. The Labute approximate surface area is 128 Å². The monoisotopic (exact) mass is 322 g/mol. The van der Waals surface area contributed by atoms with E-state index in [1.165, 1.54) is 12.1 Å². The summed E-state index contributed by atoms with van der Waals surface area (Å²) in [5.41, 5.74) is 7.06. The minimum absolute atomic E-state index is 0.171. The van der Waals surface area contributed by atoms with Gasteiger partial charge in [-0.3, -0.25) is 0 Å². The molecule has 0 fully saturated rings. The lowest BCUT2D eigenvalue weighted by Gasteiger charge is -2.11. The molecular formula is C14H14N2O3S2. The van der Waals surface area contributed by atoms with E-state index in [0.717, 1.165) is 11.8 Å². The Bertz CT molecular complexity index is 802. The van der Waals surface area contributed by atoms with Gasteiger partial charge in [-0.2, -0.15) is 0 Å². The van der Waals surface area contributed by atoms with Crippen molar-refractivity contribution in [1.82, 2.24) is 4.98 Å². The molecule has 2 N–H and O–H groups in total. The van der Waals surface area contributed by atoms with E-state index in [2.05, 4.69) is 4.98 Å². The van der Waals surface area contributed by atoms with Crippen LogP contribution in [-0.4, -0.2) is 24.6 Å². The van der Waals surface area contributed by atoms with E-state index in [1.807, 2.05) is 6.92 Å². The number of thiocarbonyl (C=S) groups is 1. The first kappa shape index (κ1) is 15.4. The Kier molecular flexibility index (Phi) is 4.24. The Morgan fingerprint density at radius 3 is 2.67 bits per heavy atom. The van der Waals surface area contributed by atoms with E-state index in [-0.39, 0.29) is 15.8 Å². The molecule has 5 nitrogen and oxygen atoms in total. The summed E-state index contributed by atoms with van der Waals surface area (Å²) in [6.07, 6.45) is 2.71. The molecule has 2 aromatic rings. The van der Waals surface area contributed by atoms with E-state index in [9.17, 15) is 8.42 Å². The first-order valence-electron chi connectivity index (χ1n) is 6.02. The second-order valence-corrected chi connectivity index (χ2v) is 6.98. The smallest absolute Gasteiger partial charge is 0.229 e. The summed E-state index contributed by atoms with van der Waals surface area (Å²) in [5, 5.41) is 0. The fraction of sp³-hybridized carbons (Fsp3) is 0.143. The standard InChI is InChI=1S/C14H14N2O3S2/c1-9-6-7-16-14(12(9)13(15)20)19-10-4-3-5-11(8-10)21(2,17)18/h3-8H,1-2H3,(H2,15,20). The fourth-order valence-corrected chi connectivity index (χ4v) is 2.69. The molecule has 1 heterocycles.